The van der Waals surface area contributed by atoms with Crippen molar-refractivity contribution in [2.45, 2.75) is 38.1 Å². The molecule has 1 aliphatic heterocycles. The third-order valence-electron chi connectivity index (χ3n) is 7.99. The maximum atomic E-state index is 14.4. The van der Waals surface area contributed by atoms with Crippen LogP contribution in [0.15, 0.2) is 59.4 Å². The van der Waals surface area contributed by atoms with Gasteiger partial charge in [-0.05, 0) is 83.9 Å². The van der Waals surface area contributed by atoms with E-state index in [9.17, 15) is 33.3 Å². The van der Waals surface area contributed by atoms with Crippen LogP contribution >= 0.6 is 0 Å². The summed E-state index contributed by atoms with van der Waals surface area (Å²) in [4.78, 5) is 52.5. The van der Waals surface area contributed by atoms with Gasteiger partial charge in [-0.25, -0.2) is 13.4 Å². The zero-order valence-electron chi connectivity index (χ0n) is 23.8. The fourth-order valence-corrected chi connectivity index (χ4v) is 5.63. The Hall–Kier alpha value is -5.93. The molecule has 0 unspecified atom stereocenters. The van der Waals surface area contributed by atoms with Crippen molar-refractivity contribution in [3.8, 4) is 0 Å². The van der Waals surface area contributed by atoms with Crippen molar-refractivity contribution in [1.29, 1.82) is 0 Å². The van der Waals surface area contributed by atoms with Gasteiger partial charge in [-0.3, -0.25) is 39.0 Å². The van der Waals surface area contributed by atoms with Crippen molar-refractivity contribution in [3.63, 3.8) is 0 Å². The number of hydrogen-bond donors (Lipinski definition) is 0. The average molecular weight is 629 g/mol. The molecule has 0 N–H and O–H groups in total. The van der Waals surface area contributed by atoms with Gasteiger partial charge in [-0.2, -0.15) is 0 Å². The Bertz CT molecular complexity index is 2070. The van der Waals surface area contributed by atoms with E-state index in [0.717, 1.165) is 23.8 Å². The number of carbonyl (C=O) groups excluding carboxylic acids is 3. The minimum Gasteiger partial charge on any atom is -0.274 e. The number of halogens is 2. The zero-order chi connectivity index (χ0) is 32.1. The molecule has 46 heavy (non-hydrogen) atoms. The third kappa shape index (κ3) is 4.92. The minimum atomic E-state index is -0.744. The number of nitrogens with zero attached hydrogens (tertiary/aromatic N) is 8. The first-order valence-electron chi connectivity index (χ1n) is 14.3. The molecule has 0 saturated heterocycles. The minimum absolute atomic E-state index is 0.0133. The van der Waals surface area contributed by atoms with Gasteiger partial charge < -0.3 is 0 Å². The SMILES string of the molecule is O=C1c2cccc(F)c2C(=O)N1CCCCn1cc(C(=O)N(c2ccc(F)cc2C2CC2)c2ccc([N+](=O)[O-])c3nonc23)nn1. The van der Waals surface area contributed by atoms with Gasteiger partial charge in [-0.1, -0.05) is 11.3 Å². The molecule has 5 aromatic rings. The number of anilines is 2. The number of aromatic nitrogens is 5. The second-order valence-corrected chi connectivity index (χ2v) is 10.9. The lowest BCUT2D eigenvalue weighted by Crippen LogP contribution is -2.31. The number of unbranched alkanes of at least 4 members (excludes halogenated alkanes) is 1. The molecule has 0 spiro atoms. The number of nitro benzene ring substituents is 1. The number of imide groups is 1. The number of aryl methyl sites for hydroxylation is 1. The van der Waals surface area contributed by atoms with Crippen molar-refractivity contribution in [1.82, 2.24) is 30.2 Å². The highest BCUT2D eigenvalue weighted by Gasteiger charge is 2.37. The molecule has 16 heteroatoms. The number of amides is 3. The summed E-state index contributed by atoms with van der Waals surface area (Å²) < 4.78 is 34.7. The van der Waals surface area contributed by atoms with Gasteiger partial charge in [-0.15, -0.1) is 5.10 Å². The fraction of sp³-hybridized carbons (Fsp3) is 0.233. The summed E-state index contributed by atoms with van der Waals surface area (Å²) in [5.74, 6) is -3.10. The Morgan fingerprint density at radius 2 is 1.76 bits per heavy atom. The van der Waals surface area contributed by atoms with E-state index in [1.807, 2.05) is 0 Å². The number of rotatable bonds is 10. The monoisotopic (exact) mass is 628 g/mol. The van der Waals surface area contributed by atoms with Crippen LogP contribution in [0.1, 0.15) is 68.4 Å². The maximum absolute atomic E-state index is 14.4. The van der Waals surface area contributed by atoms with E-state index in [1.54, 1.807) is 0 Å². The van der Waals surface area contributed by atoms with E-state index >= 15 is 0 Å². The number of benzene rings is 3. The topological polar surface area (TPSA) is 170 Å². The van der Waals surface area contributed by atoms with Crippen molar-refractivity contribution < 1.29 is 32.7 Å². The highest BCUT2D eigenvalue weighted by molar-refractivity contribution is 6.21. The maximum Gasteiger partial charge on any atom is 0.300 e. The Kier molecular flexibility index (Phi) is 7.02. The normalized spacial score (nSPS) is 14.3. The molecule has 0 atom stereocenters. The van der Waals surface area contributed by atoms with E-state index in [4.69, 9.17) is 4.63 Å². The third-order valence-corrected chi connectivity index (χ3v) is 7.99. The molecule has 14 nitrogen and oxygen atoms in total. The van der Waals surface area contributed by atoms with Gasteiger partial charge in [0, 0.05) is 19.2 Å². The van der Waals surface area contributed by atoms with Crippen LogP contribution in [0.2, 0.25) is 0 Å². The molecule has 0 bridgehead atoms. The largest absolute Gasteiger partial charge is 0.300 e. The second-order valence-electron chi connectivity index (χ2n) is 10.9. The summed E-state index contributed by atoms with van der Waals surface area (Å²) in [6, 6.07) is 10.5. The first-order chi connectivity index (χ1) is 22.2. The molecular formula is C30H22F2N8O6. The van der Waals surface area contributed by atoms with Crippen LogP contribution in [0.5, 0.6) is 0 Å². The molecule has 0 radical (unpaired) electrons. The molecule has 2 aliphatic rings. The molecule has 3 heterocycles. The summed E-state index contributed by atoms with van der Waals surface area (Å²) >= 11 is 0. The van der Waals surface area contributed by atoms with Crippen LogP contribution in [0.25, 0.3) is 11.0 Å². The molecular weight excluding hydrogens is 606 g/mol. The summed E-state index contributed by atoms with van der Waals surface area (Å²) in [6.07, 6.45) is 3.82. The lowest BCUT2D eigenvalue weighted by molar-refractivity contribution is -0.383. The predicted molar refractivity (Wildman–Crippen MR) is 154 cm³/mol. The Labute approximate surface area is 257 Å². The van der Waals surface area contributed by atoms with E-state index in [1.165, 1.54) is 58.2 Å². The van der Waals surface area contributed by atoms with Crippen LogP contribution in [0, 0.1) is 21.7 Å². The zero-order valence-corrected chi connectivity index (χ0v) is 23.8. The van der Waals surface area contributed by atoms with Crippen LogP contribution < -0.4 is 4.90 Å². The molecule has 3 aromatic carbocycles. The Morgan fingerprint density at radius 3 is 2.52 bits per heavy atom. The molecule has 1 fully saturated rings. The standard InChI is InChI=1S/C30H22F2N8O6/c31-17-8-9-22(19(14-17)16-6-7-16)39(23-10-11-24(40(44)45)27-26(23)34-46-35-27)29(42)21-15-37(36-33-21)12-1-2-13-38-28(41)18-4-3-5-20(32)25(18)30(38)43/h3-5,8-11,14-16H,1-2,6-7,12-13H2. The quantitative estimate of drug-likeness (QED) is 0.0894. The number of non-ortho nitro benzene ring substituents is 1. The summed E-state index contributed by atoms with van der Waals surface area (Å²) in [7, 11) is 0. The van der Waals surface area contributed by atoms with Crippen molar-refractivity contribution in [3.05, 3.63) is 98.9 Å². The number of fused-ring (bicyclic) bond motifs is 2. The number of nitro groups is 1. The van der Waals surface area contributed by atoms with Crippen LogP contribution in [0.4, 0.5) is 25.8 Å². The van der Waals surface area contributed by atoms with Gasteiger partial charge in [0.15, 0.2) is 11.2 Å². The van der Waals surface area contributed by atoms with Gasteiger partial charge in [0.2, 0.25) is 5.52 Å². The van der Waals surface area contributed by atoms with Gasteiger partial charge in [0.1, 0.15) is 11.6 Å². The van der Waals surface area contributed by atoms with E-state index in [-0.39, 0.29) is 58.2 Å². The number of carbonyl (C=O) groups is 3. The molecule has 232 valence electrons. The molecule has 3 amide bonds. The highest BCUT2D eigenvalue weighted by atomic mass is 19.1. The Balaban J connectivity index is 1.13. The van der Waals surface area contributed by atoms with Gasteiger partial charge in [0.25, 0.3) is 17.7 Å². The van der Waals surface area contributed by atoms with Crippen LogP contribution in [-0.4, -0.2) is 59.4 Å². The van der Waals surface area contributed by atoms with E-state index < -0.39 is 34.3 Å². The lowest BCUT2D eigenvalue weighted by atomic mass is 10.1. The van der Waals surface area contributed by atoms with Crippen LogP contribution in [0.3, 0.4) is 0 Å². The summed E-state index contributed by atoms with van der Waals surface area (Å²) in [6.45, 7) is 0.340. The first kappa shape index (κ1) is 28.8. The van der Waals surface area contributed by atoms with Crippen molar-refractivity contribution >= 4 is 45.8 Å². The molecule has 7 rings (SSSR count). The van der Waals surface area contributed by atoms with Crippen molar-refractivity contribution in [2.75, 3.05) is 11.4 Å². The smallest absolute Gasteiger partial charge is 0.274 e. The summed E-state index contributed by atoms with van der Waals surface area (Å²) in [5.41, 5.74) is 0.189. The number of hydrogen-bond acceptors (Lipinski definition) is 10. The van der Waals surface area contributed by atoms with Crippen LogP contribution in [-0.2, 0) is 6.54 Å². The van der Waals surface area contributed by atoms with E-state index in [2.05, 4.69) is 20.6 Å². The lowest BCUT2D eigenvalue weighted by Gasteiger charge is -2.24. The van der Waals surface area contributed by atoms with Gasteiger partial charge in [0.05, 0.1) is 33.6 Å². The van der Waals surface area contributed by atoms with Gasteiger partial charge >= 0.3 is 5.69 Å². The molecule has 1 saturated carbocycles. The first-order valence-corrected chi connectivity index (χ1v) is 14.3. The van der Waals surface area contributed by atoms with Crippen molar-refractivity contribution in [2.24, 2.45) is 0 Å². The molecule has 1 aliphatic carbocycles. The summed E-state index contributed by atoms with van der Waals surface area (Å²) in [5, 5.41) is 27.2. The predicted octanol–water partition coefficient (Wildman–Crippen LogP) is 4.93. The molecule has 2 aromatic heterocycles. The second kappa shape index (κ2) is 11.2. The Morgan fingerprint density at radius 1 is 1.00 bits per heavy atom. The highest BCUT2D eigenvalue weighted by Crippen LogP contribution is 2.47. The van der Waals surface area contributed by atoms with E-state index in [0.29, 0.717) is 24.1 Å². The fourth-order valence-electron chi connectivity index (χ4n) is 5.63. The average Bonchev–Trinajstić information content (AvgIpc) is 3.46.